The van der Waals surface area contributed by atoms with Crippen LogP contribution in [0.5, 0.6) is 0 Å². The first-order valence-corrected chi connectivity index (χ1v) is 6.41. The fourth-order valence-corrected chi connectivity index (χ4v) is 2.43. The summed E-state index contributed by atoms with van der Waals surface area (Å²) in [5.41, 5.74) is 0.126. The average Bonchev–Trinajstić information content (AvgIpc) is 2.47. The largest absolute Gasteiger partial charge is 0.381 e. The number of nitrogens with zero attached hydrogens (tertiary/aromatic N) is 1. The third kappa shape index (κ3) is 2.06. The zero-order chi connectivity index (χ0) is 14.2. The quantitative estimate of drug-likeness (QED) is 0.769. The summed E-state index contributed by atoms with van der Waals surface area (Å²) in [4.78, 5) is 4.19. The number of rotatable bonds is 2. The van der Waals surface area contributed by atoms with Gasteiger partial charge in [-0.2, -0.15) is 0 Å². The van der Waals surface area contributed by atoms with E-state index in [2.05, 4.69) is 4.98 Å². The van der Waals surface area contributed by atoms with Gasteiger partial charge in [-0.3, -0.25) is 4.98 Å². The van der Waals surface area contributed by atoms with Crippen molar-refractivity contribution in [2.45, 2.75) is 12.5 Å². The van der Waals surface area contributed by atoms with Gasteiger partial charge in [-0.15, -0.1) is 0 Å². The molecule has 3 aromatic rings. The van der Waals surface area contributed by atoms with Crippen LogP contribution >= 0.6 is 0 Å². The second-order valence-corrected chi connectivity index (χ2v) is 4.99. The maximum absolute atomic E-state index is 13.0. The standard InChI is InChI=1S/C17H14FNO/c1-17(20,13-6-8-14(18)9-7-13)16-11-19-10-12-4-2-3-5-15(12)16/h2-11,20H,1H3. The molecule has 0 saturated heterocycles. The molecule has 0 spiro atoms. The second kappa shape index (κ2) is 4.69. The van der Waals surface area contributed by atoms with Crippen molar-refractivity contribution in [2.75, 3.05) is 0 Å². The molecule has 1 aromatic heterocycles. The van der Waals surface area contributed by atoms with Gasteiger partial charge in [0.25, 0.3) is 0 Å². The van der Waals surface area contributed by atoms with Crippen LogP contribution in [-0.4, -0.2) is 10.1 Å². The van der Waals surface area contributed by atoms with Crippen LogP contribution in [0, 0.1) is 5.82 Å². The third-order valence-electron chi connectivity index (χ3n) is 3.60. The highest BCUT2D eigenvalue weighted by Gasteiger charge is 2.27. The molecule has 100 valence electrons. The minimum absolute atomic E-state index is 0.319. The fourth-order valence-electron chi connectivity index (χ4n) is 2.43. The molecule has 1 unspecified atom stereocenters. The summed E-state index contributed by atoms with van der Waals surface area (Å²) in [6.07, 6.45) is 3.42. The van der Waals surface area contributed by atoms with E-state index in [4.69, 9.17) is 0 Å². The van der Waals surface area contributed by atoms with Gasteiger partial charge in [0.15, 0.2) is 0 Å². The molecule has 2 nitrogen and oxygen atoms in total. The predicted molar refractivity (Wildman–Crippen MR) is 76.8 cm³/mol. The van der Waals surface area contributed by atoms with Gasteiger partial charge in [-0.1, -0.05) is 36.4 Å². The lowest BCUT2D eigenvalue weighted by Gasteiger charge is -2.25. The minimum atomic E-state index is -1.22. The second-order valence-electron chi connectivity index (χ2n) is 4.99. The van der Waals surface area contributed by atoms with Crippen LogP contribution in [0.1, 0.15) is 18.1 Å². The minimum Gasteiger partial charge on any atom is -0.381 e. The Balaban J connectivity index is 2.20. The van der Waals surface area contributed by atoms with Crippen molar-refractivity contribution in [3.63, 3.8) is 0 Å². The van der Waals surface area contributed by atoms with Crippen molar-refractivity contribution in [2.24, 2.45) is 0 Å². The van der Waals surface area contributed by atoms with E-state index in [0.29, 0.717) is 11.1 Å². The molecule has 0 aliphatic heterocycles. The van der Waals surface area contributed by atoms with Crippen LogP contribution in [0.2, 0.25) is 0 Å². The lowest BCUT2D eigenvalue weighted by molar-refractivity contribution is 0.103. The Hall–Kier alpha value is -2.26. The van der Waals surface area contributed by atoms with Crippen LogP contribution in [0.15, 0.2) is 60.9 Å². The summed E-state index contributed by atoms with van der Waals surface area (Å²) in [6, 6.07) is 13.6. The van der Waals surface area contributed by atoms with Crippen molar-refractivity contribution < 1.29 is 9.50 Å². The third-order valence-corrected chi connectivity index (χ3v) is 3.60. The molecule has 0 fully saturated rings. The van der Waals surface area contributed by atoms with Gasteiger partial charge in [-0.05, 0) is 30.0 Å². The van der Waals surface area contributed by atoms with Gasteiger partial charge in [0.2, 0.25) is 0 Å². The Morgan fingerprint density at radius 1 is 1.00 bits per heavy atom. The molecule has 1 heterocycles. The maximum Gasteiger partial charge on any atom is 0.123 e. The molecule has 1 atom stereocenters. The summed E-state index contributed by atoms with van der Waals surface area (Å²) in [5.74, 6) is -0.319. The first kappa shape index (κ1) is 12.8. The lowest BCUT2D eigenvalue weighted by atomic mass is 9.86. The van der Waals surface area contributed by atoms with Gasteiger partial charge in [0, 0.05) is 23.3 Å². The molecule has 0 bridgehead atoms. The summed E-state index contributed by atoms with van der Waals surface area (Å²) in [7, 11) is 0. The van der Waals surface area contributed by atoms with Gasteiger partial charge in [0.1, 0.15) is 11.4 Å². The number of benzene rings is 2. The molecular formula is C17H14FNO. The Labute approximate surface area is 116 Å². The highest BCUT2D eigenvalue weighted by molar-refractivity contribution is 5.85. The molecule has 3 rings (SSSR count). The normalized spacial score (nSPS) is 14.2. The molecule has 2 aromatic carbocycles. The van der Waals surface area contributed by atoms with E-state index >= 15 is 0 Å². The predicted octanol–water partition coefficient (Wildman–Crippen LogP) is 3.63. The monoisotopic (exact) mass is 267 g/mol. The highest BCUT2D eigenvalue weighted by Crippen LogP contribution is 2.33. The van der Waals surface area contributed by atoms with Crippen LogP contribution in [-0.2, 0) is 5.60 Å². The van der Waals surface area contributed by atoms with Crippen LogP contribution in [0.3, 0.4) is 0 Å². The topological polar surface area (TPSA) is 33.1 Å². The average molecular weight is 267 g/mol. The van der Waals surface area contributed by atoms with Crippen molar-refractivity contribution in [3.8, 4) is 0 Å². The van der Waals surface area contributed by atoms with E-state index in [9.17, 15) is 9.50 Å². The Bertz CT molecular complexity index is 745. The molecule has 20 heavy (non-hydrogen) atoms. The zero-order valence-corrected chi connectivity index (χ0v) is 11.0. The van der Waals surface area contributed by atoms with Gasteiger partial charge in [-0.25, -0.2) is 4.39 Å². The first-order valence-electron chi connectivity index (χ1n) is 6.41. The number of halogens is 1. The molecule has 0 aliphatic carbocycles. The lowest BCUT2D eigenvalue weighted by Crippen LogP contribution is -2.23. The Kier molecular flexibility index (Phi) is 2.99. The molecule has 0 aliphatic rings. The molecule has 0 radical (unpaired) electrons. The molecule has 1 N–H and O–H groups in total. The summed E-state index contributed by atoms with van der Waals surface area (Å²) in [6.45, 7) is 1.70. The number of hydrogen-bond donors (Lipinski definition) is 1. The summed E-state index contributed by atoms with van der Waals surface area (Å²) in [5, 5.41) is 12.8. The summed E-state index contributed by atoms with van der Waals surface area (Å²) >= 11 is 0. The number of hydrogen-bond acceptors (Lipinski definition) is 2. The van der Waals surface area contributed by atoms with Crippen molar-refractivity contribution in [3.05, 3.63) is 77.9 Å². The number of aromatic nitrogens is 1. The van der Waals surface area contributed by atoms with E-state index in [1.165, 1.54) is 12.1 Å². The van der Waals surface area contributed by atoms with Crippen molar-refractivity contribution in [1.82, 2.24) is 4.98 Å². The van der Waals surface area contributed by atoms with E-state index < -0.39 is 5.60 Å². The molecular weight excluding hydrogens is 253 g/mol. The SMILES string of the molecule is CC(O)(c1ccc(F)cc1)c1cncc2ccccc12. The zero-order valence-electron chi connectivity index (χ0n) is 11.0. The van der Waals surface area contributed by atoms with Crippen molar-refractivity contribution >= 4 is 10.8 Å². The number of pyridine rings is 1. The van der Waals surface area contributed by atoms with Crippen molar-refractivity contribution in [1.29, 1.82) is 0 Å². The maximum atomic E-state index is 13.0. The van der Waals surface area contributed by atoms with E-state index in [0.717, 1.165) is 10.8 Å². The number of fused-ring (bicyclic) bond motifs is 1. The van der Waals surface area contributed by atoms with Crippen LogP contribution in [0.25, 0.3) is 10.8 Å². The highest BCUT2D eigenvalue weighted by atomic mass is 19.1. The van der Waals surface area contributed by atoms with Gasteiger partial charge in [0.05, 0.1) is 0 Å². The van der Waals surface area contributed by atoms with Gasteiger partial charge >= 0.3 is 0 Å². The van der Waals surface area contributed by atoms with Crippen LogP contribution in [0.4, 0.5) is 4.39 Å². The smallest absolute Gasteiger partial charge is 0.123 e. The Morgan fingerprint density at radius 3 is 2.45 bits per heavy atom. The van der Waals surface area contributed by atoms with Gasteiger partial charge < -0.3 is 5.11 Å². The van der Waals surface area contributed by atoms with E-state index in [-0.39, 0.29) is 5.82 Å². The fraction of sp³-hybridized carbons (Fsp3) is 0.118. The Morgan fingerprint density at radius 2 is 1.70 bits per heavy atom. The molecule has 0 amide bonds. The first-order chi connectivity index (χ1) is 9.59. The summed E-state index contributed by atoms with van der Waals surface area (Å²) < 4.78 is 13.0. The molecule has 0 saturated carbocycles. The number of aliphatic hydroxyl groups is 1. The van der Waals surface area contributed by atoms with E-state index in [1.807, 2.05) is 24.3 Å². The molecule has 3 heteroatoms. The van der Waals surface area contributed by atoms with Crippen LogP contribution < -0.4 is 0 Å². The van der Waals surface area contributed by atoms with E-state index in [1.54, 1.807) is 31.5 Å².